The molecule has 0 aromatic heterocycles. The molecular weight excluding hydrogens is 294 g/mol. The lowest BCUT2D eigenvalue weighted by Gasteiger charge is -2.52. The molecule has 0 saturated carbocycles. The summed E-state index contributed by atoms with van der Waals surface area (Å²) in [5, 5.41) is 2.26. The molecule has 0 radical (unpaired) electrons. The number of nitrogens with zero attached hydrogens (tertiary/aromatic N) is 1. The van der Waals surface area contributed by atoms with Crippen molar-refractivity contribution >= 4 is 0 Å². The highest BCUT2D eigenvalue weighted by Crippen LogP contribution is 2.41. The molecule has 1 aliphatic rings. The molecule has 1 heterocycles. The molecule has 0 aliphatic carbocycles. The largest absolute Gasteiger partial charge is 0.285 e. The Hall–Kier alpha value is -1.64. The van der Waals surface area contributed by atoms with Gasteiger partial charge in [-0.3, -0.25) is 4.84 Å². The smallest absolute Gasteiger partial charge is 0.129 e. The molecule has 0 atom stereocenters. The first-order chi connectivity index (χ1) is 11.4. The maximum absolute atomic E-state index is 6.73. The Morgan fingerprint density at radius 2 is 1.17 bits per heavy atom. The number of hydrogen-bond donors (Lipinski definition) is 0. The van der Waals surface area contributed by atoms with Crippen LogP contribution in [-0.4, -0.2) is 16.1 Å². The molecule has 2 aromatic rings. The minimum Gasteiger partial charge on any atom is -0.285 e. The van der Waals surface area contributed by atoms with E-state index in [0.717, 1.165) is 12.8 Å². The van der Waals surface area contributed by atoms with Gasteiger partial charge in [0, 0.05) is 11.1 Å². The Kier molecular flexibility index (Phi) is 4.80. The highest BCUT2D eigenvalue weighted by atomic mass is 16.7. The van der Waals surface area contributed by atoms with Crippen molar-refractivity contribution in [3.05, 3.63) is 71.8 Å². The third-order valence-electron chi connectivity index (χ3n) is 5.09. The predicted molar refractivity (Wildman–Crippen MR) is 99.7 cm³/mol. The highest BCUT2D eigenvalue weighted by Gasteiger charge is 2.43. The molecule has 0 N–H and O–H groups in total. The maximum Gasteiger partial charge on any atom is 0.129 e. The average Bonchev–Trinajstić information content (AvgIpc) is 2.55. The van der Waals surface area contributed by atoms with Gasteiger partial charge in [0.25, 0.3) is 0 Å². The van der Waals surface area contributed by atoms with Gasteiger partial charge in [-0.1, -0.05) is 60.7 Å². The molecule has 128 valence electrons. The molecule has 0 unspecified atom stereocenters. The molecule has 2 aromatic carbocycles. The van der Waals surface area contributed by atoms with Crippen molar-refractivity contribution in [3.63, 3.8) is 0 Å². The average molecular weight is 323 g/mol. The Morgan fingerprint density at radius 3 is 1.58 bits per heavy atom. The lowest BCUT2D eigenvalue weighted by molar-refractivity contribution is -0.299. The summed E-state index contributed by atoms with van der Waals surface area (Å²) < 4.78 is 0. The van der Waals surface area contributed by atoms with E-state index in [1.54, 1.807) is 0 Å². The van der Waals surface area contributed by atoms with Crippen LogP contribution in [0.5, 0.6) is 0 Å². The number of benzene rings is 2. The van der Waals surface area contributed by atoms with Gasteiger partial charge in [0.15, 0.2) is 0 Å². The molecule has 0 bridgehead atoms. The van der Waals surface area contributed by atoms with Gasteiger partial charge in [0.2, 0.25) is 0 Å². The maximum atomic E-state index is 6.73. The van der Waals surface area contributed by atoms with Gasteiger partial charge >= 0.3 is 0 Å². The van der Waals surface area contributed by atoms with Gasteiger partial charge in [0.05, 0.1) is 0 Å². The molecular formula is C22H29NO. The Balaban J connectivity index is 1.97. The molecule has 24 heavy (non-hydrogen) atoms. The summed E-state index contributed by atoms with van der Waals surface area (Å²) in [6.45, 7) is 9.17. The van der Waals surface area contributed by atoms with Gasteiger partial charge in [-0.15, -0.1) is 0 Å². The summed E-state index contributed by atoms with van der Waals surface area (Å²) in [5.41, 5.74) is 2.45. The van der Waals surface area contributed by atoms with E-state index in [1.165, 1.54) is 17.5 Å². The molecule has 0 amide bonds. The second-order valence-electron chi connectivity index (χ2n) is 8.08. The first-order valence-corrected chi connectivity index (χ1v) is 8.97. The second-order valence-corrected chi connectivity index (χ2v) is 8.08. The van der Waals surface area contributed by atoms with Gasteiger partial charge in [-0.25, -0.2) is 0 Å². The van der Waals surface area contributed by atoms with E-state index < -0.39 is 0 Å². The quantitative estimate of drug-likeness (QED) is 0.710. The molecule has 2 heteroatoms. The summed E-state index contributed by atoms with van der Waals surface area (Å²) in [5.74, 6) is 0. The lowest BCUT2D eigenvalue weighted by atomic mass is 9.82. The van der Waals surface area contributed by atoms with Crippen LogP contribution in [-0.2, 0) is 4.84 Å². The molecule has 0 spiro atoms. The van der Waals surface area contributed by atoms with Crippen LogP contribution in [0.3, 0.4) is 0 Å². The van der Waals surface area contributed by atoms with Crippen LogP contribution in [0.15, 0.2) is 60.7 Å². The molecule has 3 rings (SSSR count). The molecule has 1 aliphatic heterocycles. The molecule has 1 saturated heterocycles. The second kappa shape index (κ2) is 6.70. The van der Waals surface area contributed by atoms with E-state index >= 15 is 0 Å². The first kappa shape index (κ1) is 17.2. The van der Waals surface area contributed by atoms with E-state index in [4.69, 9.17) is 4.84 Å². The minimum atomic E-state index is -0.0796. The van der Waals surface area contributed by atoms with Crippen molar-refractivity contribution in [2.75, 3.05) is 0 Å². The van der Waals surface area contributed by atoms with Crippen LogP contribution in [0.1, 0.15) is 64.2 Å². The highest BCUT2D eigenvalue weighted by molar-refractivity contribution is 5.29. The Bertz CT molecular complexity index is 593. The topological polar surface area (TPSA) is 12.5 Å². The fourth-order valence-electron chi connectivity index (χ4n) is 3.94. The number of piperidine rings is 1. The van der Waals surface area contributed by atoms with Crippen LogP contribution in [0.25, 0.3) is 0 Å². The van der Waals surface area contributed by atoms with Crippen molar-refractivity contribution < 1.29 is 4.84 Å². The standard InChI is InChI=1S/C22H29NO/c1-21(2)16-11-17-22(3,4)23(21)24-20(18-12-7-5-8-13-18)19-14-9-6-10-15-19/h5-10,12-15,20H,11,16-17H2,1-4H3. The summed E-state index contributed by atoms with van der Waals surface area (Å²) in [6, 6.07) is 21.1. The minimum absolute atomic E-state index is 0.0313. The first-order valence-electron chi connectivity index (χ1n) is 8.97. The van der Waals surface area contributed by atoms with Crippen LogP contribution in [0.4, 0.5) is 0 Å². The Labute approximate surface area is 146 Å². The van der Waals surface area contributed by atoms with Crippen molar-refractivity contribution in [3.8, 4) is 0 Å². The Morgan fingerprint density at radius 1 is 0.750 bits per heavy atom. The summed E-state index contributed by atoms with van der Waals surface area (Å²) >= 11 is 0. The zero-order valence-electron chi connectivity index (χ0n) is 15.3. The van der Waals surface area contributed by atoms with Crippen molar-refractivity contribution in [1.29, 1.82) is 0 Å². The van der Waals surface area contributed by atoms with E-state index in [1.807, 2.05) is 0 Å². The van der Waals surface area contributed by atoms with Crippen molar-refractivity contribution in [1.82, 2.24) is 5.06 Å². The third kappa shape index (κ3) is 3.55. The van der Waals surface area contributed by atoms with Gasteiger partial charge in [0.1, 0.15) is 6.10 Å². The third-order valence-corrected chi connectivity index (χ3v) is 5.09. The zero-order chi connectivity index (χ0) is 17.2. The van der Waals surface area contributed by atoms with Gasteiger partial charge in [-0.2, -0.15) is 5.06 Å². The van der Waals surface area contributed by atoms with E-state index in [2.05, 4.69) is 93.4 Å². The van der Waals surface area contributed by atoms with Crippen LogP contribution >= 0.6 is 0 Å². The fourth-order valence-corrected chi connectivity index (χ4v) is 3.94. The normalized spacial score (nSPS) is 20.2. The number of hydroxylamine groups is 2. The zero-order valence-corrected chi connectivity index (χ0v) is 15.3. The number of hydrogen-bond acceptors (Lipinski definition) is 2. The van der Waals surface area contributed by atoms with Crippen LogP contribution < -0.4 is 0 Å². The van der Waals surface area contributed by atoms with Crippen molar-refractivity contribution in [2.45, 2.75) is 64.1 Å². The molecule has 2 nitrogen and oxygen atoms in total. The van der Waals surface area contributed by atoms with Gasteiger partial charge in [-0.05, 0) is 58.1 Å². The number of rotatable bonds is 4. The van der Waals surface area contributed by atoms with E-state index in [-0.39, 0.29) is 17.2 Å². The predicted octanol–water partition coefficient (Wildman–Crippen LogP) is 5.75. The SMILES string of the molecule is CC1(C)CCCC(C)(C)N1OC(c1ccccc1)c1ccccc1. The lowest BCUT2D eigenvalue weighted by Crippen LogP contribution is -2.58. The summed E-state index contributed by atoms with van der Waals surface area (Å²) in [7, 11) is 0. The van der Waals surface area contributed by atoms with Gasteiger partial charge < -0.3 is 0 Å². The van der Waals surface area contributed by atoms with E-state index in [0.29, 0.717) is 0 Å². The summed E-state index contributed by atoms with van der Waals surface area (Å²) in [4.78, 5) is 6.73. The van der Waals surface area contributed by atoms with Crippen LogP contribution in [0.2, 0.25) is 0 Å². The monoisotopic (exact) mass is 323 g/mol. The molecule has 1 fully saturated rings. The fraction of sp³-hybridized carbons (Fsp3) is 0.455. The van der Waals surface area contributed by atoms with Crippen LogP contribution in [0, 0.1) is 0 Å². The summed E-state index contributed by atoms with van der Waals surface area (Å²) in [6.07, 6.45) is 3.49. The van der Waals surface area contributed by atoms with Crippen molar-refractivity contribution in [2.24, 2.45) is 0 Å². The van der Waals surface area contributed by atoms with E-state index in [9.17, 15) is 0 Å².